The molecule has 0 atom stereocenters. The topological polar surface area (TPSA) is 102 Å². The highest BCUT2D eigenvalue weighted by Crippen LogP contribution is 2.33. The zero-order valence-electron chi connectivity index (χ0n) is 8.54. The van der Waals surface area contributed by atoms with E-state index in [-0.39, 0.29) is 11.3 Å². The number of amides is 1. The van der Waals surface area contributed by atoms with Crippen LogP contribution in [0.4, 0.5) is 5.69 Å². The molecular formula is C10H7N3O4. The van der Waals surface area contributed by atoms with E-state index in [1.165, 1.54) is 0 Å². The highest BCUT2D eigenvalue weighted by molar-refractivity contribution is 6.32. The van der Waals surface area contributed by atoms with E-state index in [4.69, 9.17) is 0 Å². The van der Waals surface area contributed by atoms with Crippen molar-refractivity contribution in [3.63, 3.8) is 0 Å². The van der Waals surface area contributed by atoms with Crippen molar-refractivity contribution in [2.45, 2.75) is 0 Å². The van der Waals surface area contributed by atoms with Gasteiger partial charge in [0.05, 0.1) is 5.57 Å². The third kappa shape index (κ3) is 1.89. The summed E-state index contributed by atoms with van der Waals surface area (Å²) in [5.41, 5.74) is 0.607. The van der Waals surface area contributed by atoms with Gasteiger partial charge in [0.25, 0.3) is 5.91 Å². The van der Waals surface area contributed by atoms with Crippen LogP contribution >= 0.6 is 0 Å². The summed E-state index contributed by atoms with van der Waals surface area (Å²) in [6.07, 6.45) is 0. The van der Waals surface area contributed by atoms with Crippen molar-refractivity contribution in [1.29, 1.82) is 0 Å². The Morgan fingerprint density at radius 1 is 1.41 bits per heavy atom. The number of anilines is 1. The maximum Gasteiger partial charge on any atom is 0.258 e. The van der Waals surface area contributed by atoms with E-state index in [1.54, 1.807) is 24.3 Å². The van der Waals surface area contributed by atoms with Crippen molar-refractivity contribution in [2.75, 3.05) is 11.9 Å². The molecule has 1 aliphatic rings. The third-order valence-corrected chi connectivity index (χ3v) is 2.35. The molecule has 0 saturated carbocycles. The van der Waals surface area contributed by atoms with Gasteiger partial charge >= 0.3 is 0 Å². The van der Waals surface area contributed by atoms with Gasteiger partial charge in [-0.2, -0.15) is 0 Å². The van der Waals surface area contributed by atoms with Crippen molar-refractivity contribution in [2.24, 2.45) is 5.18 Å². The van der Waals surface area contributed by atoms with Gasteiger partial charge in [0.1, 0.15) is 0 Å². The van der Waals surface area contributed by atoms with Crippen LogP contribution in [0.1, 0.15) is 5.56 Å². The van der Waals surface area contributed by atoms with Crippen LogP contribution in [0, 0.1) is 15.0 Å². The first-order chi connectivity index (χ1) is 8.13. The number of hydrogen-bond donors (Lipinski definition) is 1. The average Bonchev–Trinajstić information content (AvgIpc) is 2.62. The van der Waals surface area contributed by atoms with E-state index < -0.39 is 17.4 Å². The lowest BCUT2D eigenvalue weighted by molar-refractivity contribution is -0.470. The fourth-order valence-corrected chi connectivity index (χ4v) is 1.68. The molecule has 0 spiro atoms. The van der Waals surface area contributed by atoms with E-state index in [0.29, 0.717) is 11.3 Å². The second-order valence-electron chi connectivity index (χ2n) is 3.40. The van der Waals surface area contributed by atoms with E-state index in [2.05, 4.69) is 10.5 Å². The number of rotatable bonds is 3. The number of benzene rings is 1. The number of nitroso groups, excluding NO2 is 1. The van der Waals surface area contributed by atoms with Crippen molar-refractivity contribution in [3.05, 3.63) is 50.5 Å². The Morgan fingerprint density at radius 2 is 2.12 bits per heavy atom. The first kappa shape index (κ1) is 10.9. The molecule has 7 heteroatoms. The van der Waals surface area contributed by atoms with Crippen molar-refractivity contribution in [1.82, 2.24) is 0 Å². The molecular weight excluding hydrogens is 226 g/mol. The summed E-state index contributed by atoms with van der Waals surface area (Å²) in [6, 6.07) is 6.64. The first-order valence-corrected chi connectivity index (χ1v) is 4.72. The zero-order valence-corrected chi connectivity index (χ0v) is 8.54. The van der Waals surface area contributed by atoms with Crippen LogP contribution in [0.15, 0.2) is 35.1 Å². The van der Waals surface area contributed by atoms with E-state index in [9.17, 15) is 19.8 Å². The Bertz CT molecular complexity index is 550. The Balaban J connectivity index is 2.57. The van der Waals surface area contributed by atoms with Gasteiger partial charge in [-0.05, 0) is 11.2 Å². The van der Waals surface area contributed by atoms with Gasteiger partial charge in [0.2, 0.25) is 6.54 Å². The molecule has 0 aromatic heterocycles. The molecule has 1 N–H and O–H groups in total. The van der Waals surface area contributed by atoms with Crippen LogP contribution in [0.5, 0.6) is 0 Å². The summed E-state index contributed by atoms with van der Waals surface area (Å²) in [6.45, 7) is -0.763. The number of nitro groups is 1. The average molecular weight is 233 g/mol. The lowest BCUT2D eigenvalue weighted by Crippen LogP contribution is -2.10. The van der Waals surface area contributed by atoms with E-state index in [1.807, 2.05) is 0 Å². The van der Waals surface area contributed by atoms with Crippen LogP contribution in [0.25, 0.3) is 5.57 Å². The lowest BCUT2D eigenvalue weighted by Gasteiger charge is -1.98. The SMILES string of the molecule is O=N/C(C[N+](=O)[O-])=C1/C(=O)Nc2ccccc21. The minimum Gasteiger partial charge on any atom is -0.321 e. The number of fused-ring (bicyclic) bond motifs is 1. The Labute approximate surface area is 95.3 Å². The standard InChI is InChI=1S/C10H7N3O4/c14-10-9(8(12-15)5-13(16)17)6-3-1-2-4-7(6)11-10/h1-4H,5H2,(H,11,14)/b9-8+. The van der Waals surface area contributed by atoms with E-state index >= 15 is 0 Å². The van der Waals surface area contributed by atoms with Gasteiger partial charge in [0.15, 0.2) is 5.70 Å². The summed E-state index contributed by atoms with van der Waals surface area (Å²) in [5.74, 6) is -0.539. The molecule has 0 aliphatic carbocycles. The number of para-hydroxylation sites is 1. The van der Waals surface area contributed by atoms with Gasteiger partial charge in [-0.3, -0.25) is 14.9 Å². The van der Waals surface area contributed by atoms with Gasteiger partial charge in [-0.15, -0.1) is 4.91 Å². The van der Waals surface area contributed by atoms with Gasteiger partial charge < -0.3 is 5.32 Å². The molecule has 0 saturated heterocycles. The van der Waals surface area contributed by atoms with E-state index in [0.717, 1.165) is 0 Å². The van der Waals surface area contributed by atoms with Crippen molar-refractivity contribution < 1.29 is 9.72 Å². The molecule has 0 bridgehead atoms. The van der Waals surface area contributed by atoms with Gasteiger partial charge in [0, 0.05) is 16.2 Å². The number of nitrogens with zero attached hydrogens (tertiary/aromatic N) is 2. The molecule has 1 aliphatic heterocycles. The molecule has 1 heterocycles. The molecule has 1 aromatic rings. The second kappa shape index (κ2) is 4.12. The summed E-state index contributed by atoms with van der Waals surface area (Å²) in [7, 11) is 0. The maximum atomic E-state index is 11.6. The zero-order chi connectivity index (χ0) is 12.4. The summed E-state index contributed by atoms with van der Waals surface area (Å²) in [5, 5.41) is 15.5. The van der Waals surface area contributed by atoms with Gasteiger partial charge in [-0.1, -0.05) is 18.2 Å². The Hall–Kier alpha value is -2.57. The van der Waals surface area contributed by atoms with Crippen LogP contribution in [0.3, 0.4) is 0 Å². The monoisotopic (exact) mass is 233 g/mol. The number of nitrogens with one attached hydrogen (secondary N) is 1. The predicted molar refractivity (Wildman–Crippen MR) is 59.6 cm³/mol. The molecule has 7 nitrogen and oxygen atoms in total. The first-order valence-electron chi connectivity index (χ1n) is 4.72. The number of carbonyl (C=O) groups excluding carboxylic acids is 1. The van der Waals surface area contributed by atoms with Crippen LogP contribution < -0.4 is 5.32 Å². The lowest BCUT2D eigenvalue weighted by atomic mass is 10.1. The minimum absolute atomic E-state index is 0.0210. The number of hydrogen-bond acceptors (Lipinski definition) is 5. The quantitative estimate of drug-likeness (QED) is 0.369. The molecule has 0 fully saturated rings. The van der Waals surface area contributed by atoms with Gasteiger partial charge in [-0.25, -0.2) is 0 Å². The van der Waals surface area contributed by atoms with Crippen LogP contribution in [-0.2, 0) is 4.79 Å². The Kier molecular flexibility index (Phi) is 2.65. The number of carbonyl (C=O) groups is 1. The summed E-state index contributed by atoms with van der Waals surface area (Å²) in [4.78, 5) is 31.9. The summed E-state index contributed by atoms with van der Waals surface area (Å²) >= 11 is 0. The molecule has 2 rings (SSSR count). The molecule has 1 aromatic carbocycles. The predicted octanol–water partition coefficient (Wildman–Crippen LogP) is 1.39. The maximum absolute atomic E-state index is 11.6. The molecule has 86 valence electrons. The minimum atomic E-state index is -0.763. The van der Waals surface area contributed by atoms with Crippen LogP contribution in [0.2, 0.25) is 0 Å². The largest absolute Gasteiger partial charge is 0.321 e. The van der Waals surface area contributed by atoms with Crippen molar-refractivity contribution >= 4 is 17.2 Å². The van der Waals surface area contributed by atoms with Crippen molar-refractivity contribution in [3.8, 4) is 0 Å². The highest BCUT2D eigenvalue weighted by Gasteiger charge is 2.29. The molecule has 1 amide bonds. The Morgan fingerprint density at radius 3 is 2.76 bits per heavy atom. The highest BCUT2D eigenvalue weighted by atomic mass is 16.6. The fraction of sp³-hybridized carbons (Fsp3) is 0.100. The third-order valence-electron chi connectivity index (χ3n) is 2.35. The fourth-order valence-electron chi connectivity index (χ4n) is 1.68. The summed E-state index contributed by atoms with van der Waals surface area (Å²) < 4.78 is 0. The molecule has 0 unspecified atom stereocenters. The second-order valence-corrected chi connectivity index (χ2v) is 3.40. The molecule has 0 radical (unpaired) electrons. The molecule has 17 heavy (non-hydrogen) atoms. The smallest absolute Gasteiger partial charge is 0.258 e. The van der Waals surface area contributed by atoms with Crippen LogP contribution in [-0.4, -0.2) is 17.4 Å². The normalized spacial score (nSPS) is 16.1.